The van der Waals surface area contributed by atoms with E-state index in [1.165, 1.54) is 12.8 Å². The average Bonchev–Trinajstić information content (AvgIpc) is 2.75. The van der Waals surface area contributed by atoms with Crippen LogP contribution in [0.5, 0.6) is 5.75 Å². The van der Waals surface area contributed by atoms with E-state index in [2.05, 4.69) is 19.2 Å². The van der Waals surface area contributed by atoms with Crippen molar-refractivity contribution < 1.29 is 9.84 Å². The molecule has 2 unspecified atom stereocenters. The van der Waals surface area contributed by atoms with Gasteiger partial charge in [0.2, 0.25) is 0 Å². The number of aliphatic hydroxyl groups is 1. The number of ether oxygens (including phenoxy) is 1. The third-order valence-corrected chi connectivity index (χ3v) is 4.47. The predicted molar refractivity (Wildman–Crippen MR) is 87.4 cm³/mol. The van der Waals surface area contributed by atoms with E-state index >= 15 is 0 Å². The zero-order valence-corrected chi connectivity index (χ0v) is 14.0. The molecule has 2 N–H and O–H groups in total. The van der Waals surface area contributed by atoms with Crippen molar-refractivity contribution in [1.29, 1.82) is 0 Å². The number of hydrogen-bond acceptors (Lipinski definition) is 3. The highest BCUT2D eigenvalue weighted by atomic mass is 35.5. The lowest BCUT2D eigenvalue weighted by molar-refractivity contribution is 0.103. The fourth-order valence-corrected chi connectivity index (χ4v) is 3.21. The topological polar surface area (TPSA) is 41.5 Å². The lowest BCUT2D eigenvalue weighted by Crippen LogP contribution is -2.37. The van der Waals surface area contributed by atoms with Crippen molar-refractivity contribution in [2.45, 2.75) is 45.3 Å². The van der Waals surface area contributed by atoms with Gasteiger partial charge in [-0.3, -0.25) is 0 Å². The number of aliphatic hydroxyl groups excluding tert-OH is 1. The maximum Gasteiger partial charge on any atom is 0.138 e. The van der Waals surface area contributed by atoms with E-state index in [1.807, 2.05) is 0 Å². The molecule has 0 bridgehead atoms. The average molecular weight is 332 g/mol. The Morgan fingerprint density at radius 1 is 1.43 bits per heavy atom. The van der Waals surface area contributed by atoms with E-state index < -0.39 is 6.10 Å². The van der Waals surface area contributed by atoms with E-state index in [1.54, 1.807) is 18.2 Å². The molecule has 1 aromatic rings. The van der Waals surface area contributed by atoms with Gasteiger partial charge in [0.1, 0.15) is 18.5 Å². The Morgan fingerprint density at radius 3 is 2.81 bits per heavy atom. The Morgan fingerprint density at radius 2 is 2.19 bits per heavy atom. The van der Waals surface area contributed by atoms with Crippen LogP contribution in [0.2, 0.25) is 10.0 Å². The Kier molecular flexibility index (Phi) is 5.78. The number of benzene rings is 1. The van der Waals surface area contributed by atoms with Gasteiger partial charge in [-0.2, -0.15) is 0 Å². The van der Waals surface area contributed by atoms with Gasteiger partial charge >= 0.3 is 0 Å². The van der Waals surface area contributed by atoms with Gasteiger partial charge in [0.25, 0.3) is 0 Å². The smallest absolute Gasteiger partial charge is 0.138 e. The summed E-state index contributed by atoms with van der Waals surface area (Å²) in [5.74, 6) is 0.544. The van der Waals surface area contributed by atoms with E-state index in [0.29, 0.717) is 33.8 Å². The van der Waals surface area contributed by atoms with Gasteiger partial charge in [0, 0.05) is 17.6 Å². The molecule has 0 radical (unpaired) electrons. The highest BCUT2D eigenvalue weighted by Crippen LogP contribution is 2.36. The SMILES string of the molecule is CC1(C)CCC(NCC(O)COc2ccc(Cl)cc2Cl)C1. The van der Waals surface area contributed by atoms with E-state index in [-0.39, 0.29) is 6.61 Å². The normalized spacial score (nSPS) is 22.2. The molecule has 3 nitrogen and oxygen atoms in total. The maximum atomic E-state index is 9.99. The Hall–Kier alpha value is -0.480. The van der Waals surface area contributed by atoms with Crippen molar-refractivity contribution in [3.8, 4) is 5.75 Å². The van der Waals surface area contributed by atoms with Crippen molar-refractivity contribution in [3.05, 3.63) is 28.2 Å². The Bertz CT molecular complexity index is 479. The Labute approximate surface area is 136 Å². The summed E-state index contributed by atoms with van der Waals surface area (Å²) < 4.78 is 5.53. The lowest BCUT2D eigenvalue weighted by atomic mass is 9.92. The Balaban J connectivity index is 1.71. The third kappa shape index (κ3) is 5.33. The molecular formula is C16H23Cl2NO2. The molecule has 0 aromatic heterocycles. The molecule has 5 heteroatoms. The van der Waals surface area contributed by atoms with Crippen LogP contribution < -0.4 is 10.1 Å². The first-order chi connectivity index (χ1) is 9.85. The lowest BCUT2D eigenvalue weighted by Gasteiger charge is -2.19. The van der Waals surface area contributed by atoms with Gasteiger partial charge in [0.15, 0.2) is 0 Å². The summed E-state index contributed by atoms with van der Waals surface area (Å²) in [4.78, 5) is 0. The van der Waals surface area contributed by atoms with Crippen LogP contribution in [0.1, 0.15) is 33.1 Å². The molecule has 2 rings (SSSR count). The van der Waals surface area contributed by atoms with Crippen LogP contribution in [0.15, 0.2) is 18.2 Å². The van der Waals surface area contributed by atoms with Gasteiger partial charge < -0.3 is 15.2 Å². The second-order valence-corrected chi connectivity index (χ2v) is 7.40. The van der Waals surface area contributed by atoms with Crippen LogP contribution in [0.3, 0.4) is 0 Å². The monoisotopic (exact) mass is 331 g/mol. The number of halogens is 2. The minimum absolute atomic E-state index is 0.213. The third-order valence-electron chi connectivity index (χ3n) is 3.94. The van der Waals surface area contributed by atoms with E-state index in [4.69, 9.17) is 27.9 Å². The molecule has 1 saturated carbocycles. The molecule has 2 atom stereocenters. The zero-order valence-electron chi connectivity index (χ0n) is 12.5. The van der Waals surface area contributed by atoms with Gasteiger partial charge in [0.05, 0.1) is 5.02 Å². The molecule has 1 aliphatic rings. The van der Waals surface area contributed by atoms with Crippen molar-refractivity contribution in [1.82, 2.24) is 5.32 Å². The van der Waals surface area contributed by atoms with Crippen LogP contribution in [0.4, 0.5) is 0 Å². The molecule has 21 heavy (non-hydrogen) atoms. The summed E-state index contributed by atoms with van der Waals surface area (Å²) in [6, 6.07) is 5.55. The van der Waals surface area contributed by atoms with Crippen molar-refractivity contribution in [2.75, 3.05) is 13.2 Å². The van der Waals surface area contributed by atoms with Gasteiger partial charge in [-0.15, -0.1) is 0 Å². The van der Waals surface area contributed by atoms with Crippen molar-refractivity contribution in [3.63, 3.8) is 0 Å². The summed E-state index contributed by atoms with van der Waals surface area (Å²) in [5.41, 5.74) is 0.413. The van der Waals surface area contributed by atoms with Crippen molar-refractivity contribution >= 4 is 23.2 Å². The number of hydrogen-bond donors (Lipinski definition) is 2. The predicted octanol–water partition coefficient (Wildman–Crippen LogP) is 3.90. The molecule has 0 amide bonds. The fourth-order valence-electron chi connectivity index (χ4n) is 2.75. The molecular weight excluding hydrogens is 309 g/mol. The van der Waals surface area contributed by atoms with Gasteiger partial charge in [-0.1, -0.05) is 37.0 Å². The molecule has 0 heterocycles. The largest absolute Gasteiger partial charge is 0.489 e. The van der Waals surface area contributed by atoms with Crippen LogP contribution >= 0.6 is 23.2 Å². The summed E-state index contributed by atoms with van der Waals surface area (Å²) in [6.45, 7) is 5.32. The molecule has 1 fully saturated rings. The van der Waals surface area contributed by atoms with Crippen LogP contribution in [0, 0.1) is 5.41 Å². The van der Waals surface area contributed by atoms with Crippen LogP contribution in [-0.4, -0.2) is 30.4 Å². The molecule has 0 spiro atoms. The maximum absolute atomic E-state index is 9.99. The highest BCUT2D eigenvalue weighted by Gasteiger charge is 2.30. The summed E-state index contributed by atoms with van der Waals surface area (Å²) in [5, 5.41) is 14.4. The van der Waals surface area contributed by atoms with E-state index in [9.17, 15) is 5.11 Å². The van der Waals surface area contributed by atoms with Crippen LogP contribution in [-0.2, 0) is 0 Å². The molecule has 0 saturated heterocycles. The van der Waals surface area contributed by atoms with Crippen LogP contribution in [0.25, 0.3) is 0 Å². The standard InChI is InChI=1S/C16H23Cl2NO2/c1-16(2)6-5-12(8-16)19-9-13(20)10-21-15-4-3-11(17)7-14(15)18/h3-4,7,12-13,19-20H,5-6,8-10H2,1-2H3. The summed E-state index contributed by atoms with van der Waals surface area (Å²) in [7, 11) is 0. The molecule has 118 valence electrons. The molecule has 1 aliphatic carbocycles. The summed E-state index contributed by atoms with van der Waals surface area (Å²) in [6.07, 6.45) is 3.01. The first kappa shape index (κ1) is 16.9. The quantitative estimate of drug-likeness (QED) is 0.830. The second kappa shape index (κ2) is 7.19. The first-order valence-corrected chi connectivity index (χ1v) is 8.11. The molecule has 1 aromatic carbocycles. The summed E-state index contributed by atoms with van der Waals surface area (Å²) >= 11 is 11.8. The van der Waals surface area contributed by atoms with Crippen molar-refractivity contribution in [2.24, 2.45) is 5.41 Å². The highest BCUT2D eigenvalue weighted by molar-refractivity contribution is 6.35. The number of rotatable bonds is 6. The van der Waals surface area contributed by atoms with Gasteiger partial charge in [-0.25, -0.2) is 0 Å². The molecule has 0 aliphatic heterocycles. The second-order valence-electron chi connectivity index (χ2n) is 6.55. The minimum atomic E-state index is -0.555. The minimum Gasteiger partial charge on any atom is -0.489 e. The zero-order chi connectivity index (χ0) is 15.5. The van der Waals surface area contributed by atoms with Gasteiger partial charge in [-0.05, 0) is 42.9 Å². The first-order valence-electron chi connectivity index (χ1n) is 7.35. The fraction of sp³-hybridized carbons (Fsp3) is 0.625. The van der Waals surface area contributed by atoms with E-state index in [0.717, 1.165) is 6.42 Å². The number of nitrogens with one attached hydrogen (secondary N) is 1.